The number of aliphatic hydroxyl groups is 1. The Labute approximate surface area is 129 Å². The first-order valence-corrected chi connectivity index (χ1v) is 7.66. The first-order chi connectivity index (χ1) is 10.0. The van der Waals surface area contributed by atoms with Gasteiger partial charge in [-0.3, -0.25) is 0 Å². The van der Waals surface area contributed by atoms with Crippen LogP contribution >= 0.6 is 0 Å². The Kier molecular flexibility index (Phi) is 5.75. The summed E-state index contributed by atoms with van der Waals surface area (Å²) < 4.78 is 69.3. The standard InChI is InChI=1S/C14H19F4NO2S/c1-12(2,3)22(21)19-13(8-15,14(17,18)9-20)10-6-4-5-7-11(10)16/h4-7,19-20H,8-9H2,1-3H3/t13-,22-/m1/s1. The van der Waals surface area contributed by atoms with Crippen LogP contribution in [0, 0.1) is 5.82 Å². The van der Waals surface area contributed by atoms with Gasteiger partial charge in [0.05, 0.1) is 15.7 Å². The Morgan fingerprint density at radius 3 is 2.18 bits per heavy atom. The van der Waals surface area contributed by atoms with E-state index < -0.39 is 51.9 Å². The zero-order valence-electron chi connectivity index (χ0n) is 12.5. The van der Waals surface area contributed by atoms with Gasteiger partial charge >= 0.3 is 0 Å². The fraction of sp³-hybridized carbons (Fsp3) is 0.571. The summed E-state index contributed by atoms with van der Waals surface area (Å²) in [6, 6.07) is 4.40. The summed E-state index contributed by atoms with van der Waals surface area (Å²) in [4.78, 5) is 0. The van der Waals surface area contributed by atoms with Crippen LogP contribution < -0.4 is 4.72 Å². The van der Waals surface area contributed by atoms with Crippen LogP contribution in [0.4, 0.5) is 17.6 Å². The third-order valence-electron chi connectivity index (χ3n) is 3.18. The molecule has 0 bridgehead atoms. The second kappa shape index (κ2) is 6.64. The van der Waals surface area contributed by atoms with Crippen molar-refractivity contribution < 1.29 is 26.9 Å². The SMILES string of the molecule is CC(C)(C)[S@@](=O)N[C@](CF)(c1ccccc1F)C(F)(F)CO. The van der Waals surface area contributed by atoms with E-state index in [-0.39, 0.29) is 0 Å². The Balaban J connectivity index is 3.51. The molecule has 0 spiro atoms. The molecule has 2 atom stereocenters. The summed E-state index contributed by atoms with van der Waals surface area (Å²) in [6.45, 7) is 1.02. The van der Waals surface area contributed by atoms with E-state index >= 15 is 0 Å². The van der Waals surface area contributed by atoms with Crippen LogP contribution in [0.15, 0.2) is 24.3 Å². The number of benzene rings is 1. The monoisotopic (exact) mass is 341 g/mol. The van der Waals surface area contributed by atoms with Crippen molar-refractivity contribution in [3.63, 3.8) is 0 Å². The van der Waals surface area contributed by atoms with Crippen molar-refractivity contribution in [3.8, 4) is 0 Å². The Morgan fingerprint density at radius 1 is 1.23 bits per heavy atom. The van der Waals surface area contributed by atoms with Crippen molar-refractivity contribution in [2.24, 2.45) is 0 Å². The predicted octanol–water partition coefficient (Wildman–Crippen LogP) is 2.67. The van der Waals surface area contributed by atoms with Gasteiger partial charge in [0.25, 0.3) is 5.92 Å². The zero-order chi connectivity index (χ0) is 17.2. The molecule has 0 radical (unpaired) electrons. The maximum absolute atomic E-state index is 14.2. The third kappa shape index (κ3) is 3.49. The minimum atomic E-state index is -4.06. The molecule has 1 aromatic rings. The fourth-order valence-corrected chi connectivity index (χ4v) is 2.71. The molecule has 1 aromatic carbocycles. The molecular weight excluding hydrogens is 322 g/mol. The number of hydrogen-bond donors (Lipinski definition) is 2. The van der Waals surface area contributed by atoms with E-state index in [1.165, 1.54) is 32.9 Å². The Hall–Kier alpha value is -0.990. The molecule has 3 nitrogen and oxygen atoms in total. The van der Waals surface area contributed by atoms with E-state index in [2.05, 4.69) is 0 Å². The quantitative estimate of drug-likeness (QED) is 0.782. The van der Waals surface area contributed by atoms with E-state index in [0.29, 0.717) is 0 Å². The molecule has 22 heavy (non-hydrogen) atoms. The molecule has 1 rings (SSSR count). The van der Waals surface area contributed by atoms with Gasteiger partial charge in [-0.05, 0) is 26.8 Å². The molecule has 0 aromatic heterocycles. The molecule has 0 heterocycles. The molecule has 0 saturated heterocycles. The topological polar surface area (TPSA) is 49.3 Å². The summed E-state index contributed by atoms with van der Waals surface area (Å²) >= 11 is 0. The van der Waals surface area contributed by atoms with Crippen LogP contribution in [0.3, 0.4) is 0 Å². The van der Waals surface area contributed by atoms with Gasteiger partial charge in [-0.25, -0.2) is 26.5 Å². The van der Waals surface area contributed by atoms with Crippen LogP contribution in [0.1, 0.15) is 26.3 Å². The fourth-order valence-electron chi connectivity index (χ4n) is 1.78. The van der Waals surface area contributed by atoms with E-state index in [1.54, 1.807) is 0 Å². The molecule has 0 aliphatic carbocycles. The van der Waals surface area contributed by atoms with Gasteiger partial charge in [0.2, 0.25) is 0 Å². The van der Waals surface area contributed by atoms with E-state index in [1.807, 2.05) is 4.72 Å². The molecule has 0 unspecified atom stereocenters. The molecule has 0 aliphatic rings. The van der Waals surface area contributed by atoms with Gasteiger partial charge in [0.15, 0.2) is 5.54 Å². The summed E-state index contributed by atoms with van der Waals surface area (Å²) in [5, 5.41) is 8.95. The smallest absolute Gasteiger partial charge is 0.296 e. The zero-order valence-corrected chi connectivity index (χ0v) is 13.3. The summed E-state index contributed by atoms with van der Waals surface area (Å²) in [7, 11) is -2.11. The average Bonchev–Trinajstić information content (AvgIpc) is 2.44. The number of halogens is 4. The minimum absolute atomic E-state index is 0.686. The third-order valence-corrected chi connectivity index (χ3v) is 4.83. The highest BCUT2D eigenvalue weighted by atomic mass is 32.2. The number of rotatable bonds is 6. The molecular formula is C14H19F4NO2S. The summed E-state index contributed by atoms with van der Waals surface area (Å²) in [5.41, 5.74) is -3.61. The van der Waals surface area contributed by atoms with Gasteiger partial charge in [-0.2, -0.15) is 0 Å². The van der Waals surface area contributed by atoms with Crippen molar-refractivity contribution in [3.05, 3.63) is 35.6 Å². The van der Waals surface area contributed by atoms with Crippen molar-refractivity contribution in [1.29, 1.82) is 0 Å². The van der Waals surface area contributed by atoms with Gasteiger partial charge in [0.1, 0.15) is 19.1 Å². The number of nitrogens with one attached hydrogen (secondary N) is 1. The van der Waals surface area contributed by atoms with Gasteiger partial charge in [0, 0.05) is 5.56 Å². The Bertz CT molecular complexity index is 548. The first-order valence-electron chi connectivity index (χ1n) is 6.51. The number of alkyl halides is 3. The van der Waals surface area contributed by atoms with Gasteiger partial charge in [-0.15, -0.1) is 0 Å². The molecule has 0 saturated carbocycles. The van der Waals surface area contributed by atoms with Crippen molar-refractivity contribution in [2.75, 3.05) is 13.3 Å². The van der Waals surface area contributed by atoms with Crippen molar-refractivity contribution in [1.82, 2.24) is 4.72 Å². The minimum Gasteiger partial charge on any atom is -0.390 e. The molecule has 0 amide bonds. The molecule has 0 fully saturated rings. The lowest BCUT2D eigenvalue weighted by Crippen LogP contribution is -2.61. The highest BCUT2D eigenvalue weighted by molar-refractivity contribution is 7.84. The van der Waals surface area contributed by atoms with E-state index in [0.717, 1.165) is 12.1 Å². The second-order valence-electron chi connectivity index (χ2n) is 5.86. The van der Waals surface area contributed by atoms with Crippen LogP contribution in [-0.2, 0) is 16.5 Å². The number of aliphatic hydroxyl groups excluding tert-OH is 1. The molecule has 8 heteroatoms. The lowest BCUT2D eigenvalue weighted by molar-refractivity contribution is -0.127. The maximum atomic E-state index is 14.2. The average molecular weight is 341 g/mol. The van der Waals surface area contributed by atoms with Gasteiger partial charge < -0.3 is 5.11 Å². The second-order valence-corrected chi connectivity index (χ2v) is 7.83. The molecule has 2 N–H and O–H groups in total. The molecule has 126 valence electrons. The summed E-state index contributed by atoms with van der Waals surface area (Å²) in [5.74, 6) is -5.14. The van der Waals surface area contributed by atoms with Crippen LogP contribution in [-0.4, -0.2) is 33.3 Å². The first kappa shape index (κ1) is 19.1. The Morgan fingerprint density at radius 2 is 1.77 bits per heavy atom. The lowest BCUT2D eigenvalue weighted by Gasteiger charge is -2.39. The van der Waals surface area contributed by atoms with Gasteiger partial charge in [-0.1, -0.05) is 18.2 Å². The van der Waals surface area contributed by atoms with Crippen molar-refractivity contribution >= 4 is 11.0 Å². The predicted molar refractivity (Wildman–Crippen MR) is 77.1 cm³/mol. The number of hydrogen-bond acceptors (Lipinski definition) is 2. The lowest BCUT2D eigenvalue weighted by atomic mass is 9.85. The summed E-state index contributed by atoms with van der Waals surface area (Å²) in [6.07, 6.45) is 0. The highest BCUT2D eigenvalue weighted by Crippen LogP contribution is 2.40. The largest absolute Gasteiger partial charge is 0.390 e. The molecule has 0 aliphatic heterocycles. The van der Waals surface area contributed by atoms with Crippen molar-refractivity contribution in [2.45, 2.75) is 37.0 Å². The highest BCUT2D eigenvalue weighted by Gasteiger charge is 2.57. The maximum Gasteiger partial charge on any atom is 0.296 e. The normalized spacial score (nSPS) is 17.1. The van der Waals surface area contributed by atoms with Crippen LogP contribution in [0.25, 0.3) is 0 Å². The van der Waals surface area contributed by atoms with E-state index in [9.17, 15) is 21.8 Å². The van der Waals surface area contributed by atoms with Crippen LogP contribution in [0.2, 0.25) is 0 Å². The van der Waals surface area contributed by atoms with E-state index in [4.69, 9.17) is 5.11 Å². The van der Waals surface area contributed by atoms with Crippen LogP contribution in [0.5, 0.6) is 0 Å².